The largest absolute Gasteiger partial charge is 0.375 e. The fourth-order valence-corrected chi connectivity index (χ4v) is 2.67. The average molecular weight is 240 g/mol. The molecule has 1 aromatic heterocycles. The molecule has 2 heterocycles. The lowest BCUT2D eigenvalue weighted by Crippen LogP contribution is -2.36. The Morgan fingerprint density at radius 3 is 2.94 bits per heavy atom. The standard InChI is InChI=1S/C10H16N4OS/c1-6-8(16-10(11)12-6)9(15)13-7-3-4-14(2)5-7/h7H,3-5H2,1-2H3,(H2,11,12)(H,13,15). The number of hydrogen-bond acceptors (Lipinski definition) is 5. The van der Waals surface area contributed by atoms with Crippen LogP contribution in [0.25, 0.3) is 0 Å². The fraction of sp³-hybridized carbons (Fsp3) is 0.600. The van der Waals surface area contributed by atoms with Gasteiger partial charge >= 0.3 is 0 Å². The summed E-state index contributed by atoms with van der Waals surface area (Å²) in [6, 6.07) is 0.250. The second kappa shape index (κ2) is 4.39. The summed E-state index contributed by atoms with van der Waals surface area (Å²) in [6.07, 6.45) is 1.01. The van der Waals surface area contributed by atoms with Crippen LogP contribution < -0.4 is 11.1 Å². The predicted octanol–water partition coefficient (Wildman–Crippen LogP) is 0.468. The molecule has 1 saturated heterocycles. The molecule has 0 radical (unpaired) electrons. The van der Waals surface area contributed by atoms with Crippen LogP contribution in [0, 0.1) is 6.92 Å². The normalized spacial score (nSPS) is 21.2. The van der Waals surface area contributed by atoms with Crippen molar-refractivity contribution in [2.24, 2.45) is 0 Å². The lowest BCUT2D eigenvalue weighted by molar-refractivity contribution is 0.0941. The molecule has 1 unspecified atom stereocenters. The summed E-state index contributed by atoms with van der Waals surface area (Å²) in [5, 5.41) is 3.46. The number of likely N-dealkylation sites (tertiary alicyclic amines) is 1. The summed E-state index contributed by atoms with van der Waals surface area (Å²) < 4.78 is 0. The first-order valence-corrected chi connectivity index (χ1v) is 6.10. The SMILES string of the molecule is Cc1nc(N)sc1C(=O)NC1CCN(C)C1. The number of aromatic nitrogens is 1. The highest BCUT2D eigenvalue weighted by atomic mass is 32.1. The number of nitrogens with two attached hydrogens (primary N) is 1. The van der Waals surface area contributed by atoms with Crippen LogP contribution in [0.15, 0.2) is 0 Å². The summed E-state index contributed by atoms with van der Waals surface area (Å²) >= 11 is 1.25. The number of thiazole rings is 1. The molecule has 0 bridgehead atoms. The van der Waals surface area contributed by atoms with Crippen molar-refractivity contribution < 1.29 is 4.79 Å². The molecule has 1 aromatic rings. The van der Waals surface area contributed by atoms with Crippen molar-refractivity contribution in [2.45, 2.75) is 19.4 Å². The number of carbonyl (C=O) groups is 1. The Balaban J connectivity index is 2.00. The van der Waals surface area contributed by atoms with Gasteiger partial charge < -0.3 is 16.0 Å². The van der Waals surface area contributed by atoms with Gasteiger partial charge in [-0.05, 0) is 26.9 Å². The van der Waals surface area contributed by atoms with Crippen molar-refractivity contribution in [1.29, 1.82) is 0 Å². The maximum atomic E-state index is 11.9. The van der Waals surface area contributed by atoms with Crippen molar-refractivity contribution >= 4 is 22.4 Å². The van der Waals surface area contributed by atoms with Crippen molar-refractivity contribution in [1.82, 2.24) is 15.2 Å². The number of aryl methyl sites for hydroxylation is 1. The Hall–Kier alpha value is -1.14. The van der Waals surface area contributed by atoms with Crippen molar-refractivity contribution in [2.75, 3.05) is 25.9 Å². The molecule has 1 fully saturated rings. The van der Waals surface area contributed by atoms with Crippen LogP contribution in [0.5, 0.6) is 0 Å². The van der Waals surface area contributed by atoms with E-state index >= 15 is 0 Å². The van der Waals surface area contributed by atoms with E-state index in [1.54, 1.807) is 0 Å². The van der Waals surface area contributed by atoms with Gasteiger partial charge in [0.1, 0.15) is 4.88 Å². The van der Waals surface area contributed by atoms with Gasteiger partial charge in [0.2, 0.25) is 0 Å². The molecule has 6 heteroatoms. The number of nitrogens with zero attached hydrogens (tertiary/aromatic N) is 2. The second-order valence-corrected chi connectivity index (χ2v) is 5.22. The van der Waals surface area contributed by atoms with Crippen molar-refractivity contribution in [3.05, 3.63) is 10.6 Å². The average Bonchev–Trinajstić information content (AvgIpc) is 2.73. The molecule has 0 aromatic carbocycles. The van der Waals surface area contributed by atoms with Crippen LogP contribution in [0.1, 0.15) is 21.8 Å². The van der Waals surface area contributed by atoms with E-state index in [1.165, 1.54) is 11.3 Å². The van der Waals surface area contributed by atoms with Gasteiger partial charge in [-0.3, -0.25) is 4.79 Å². The Morgan fingerprint density at radius 1 is 1.69 bits per heavy atom. The van der Waals surface area contributed by atoms with Gasteiger partial charge in [0.05, 0.1) is 5.69 Å². The summed E-state index contributed by atoms with van der Waals surface area (Å²) in [6.45, 7) is 3.76. The van der Waals surface area contributed by atoms with Gasteiger partial charge in [0.15, 0.2) is 5.13 Å². The summed E-state index contributed by atoms with van der Waals surface area (Å²) in [4.78, 5) is 18.8. The van der Waals surface area contributed by atoms with Crippen molar-refractivity contribution in [3.63, 3.8) is 0 Å². The Morgan fingerprint density at radius 2 is 2.44 bits per heavy atom. The molecule has 0 spiro atoms. The number of carbonyl (C=O) groups excluding carboxylic acids is 1. The first-order chi connectivity index (χ1) is 7.56. The number of anilines is 1. The maximum Gasteiger partial charge on any atom is 0.263 e. The van der Waals surface area contributed by atoms with Gasteiger partial charge in [0, 0.05) is 12.6 Å². The molecule has 1 amide bonds. The molecular weight excluding hydrogens is 224 g/mol. The van der Waals surface area contributed by atoms with Gasteiger partial charge in [-0.15, -0.1) is 0 Å². The number of hydrogen-bond donors (Lipinski definition) is 2. The van der Waals surface area contributed by atoms with E-state index in [4.69, 9.17) is 5.73 Å². The van der Waals surface area contributed by atoms with E-state index in [0.717, 1.165) is 19.5 Å². The molecule has 3 N–H and O–H groups in total. The van der Waals surface area contributed by atoms with Gasteiger partial charge in [0.25, 0.3) is 5.91 Å². The van der Waals surface area contributed by atoms with Crippen LogP contribution in [0.3, 0.4) is 0 Å². The predicted molar refractivity (Wildman–Crippen MR) is 64.6 cm³/mol. The minimum Gasteiger partial charge on any atom is -0.375 e. The zero-order chi connectivity index (χ0) is 11.7. The highest BCUT2D eigenvalue weighted by molar-refractivity contribution is 7.17. The smallest absolute Gasteiger partial charge is 0.263 e. The Labute approximate surface area is 98.7 Å². The third-order valence-electron chi connectivity index (χ3n) is 2.75. The van der Waals surface area contributed by atoms with E-state index in [-0.39, 0.29) is 11.9 Å². The highest BCUT2D eigenvalue weighted by Gasteiger charge is 2.23. The van der Waals surface area contributed by atoms with Gasteiger partial charge in [-0.2, -0.15) is 0 Å². The lowest BCUT2D eigenvalue weighted by Gasteiger charge is -2.11. The Bertz CT molecular complexity index is 404. The molecule has 16 heavy (non-hydrogen) atoms. The topological polar surface area (TPSA) is 71.2 Å². The Kier molecular flexibility index (Phi) is 3.11. The molecule has 2 rings (SSSR count). The summed E-state index contributed by atoms with van der Waals surface area (Å²) in [7, 11) is 2.06. The monoisotopic (exact) mass is 240 g/mol. The fourth-order valence-electron chi connectivity index (χ4n) is 1.93. The van der Waals surface area contributed by atoms with Gasteiger partial charge in [-0.1, -0.05) is 11.3 Å². The number of nitrogen functional groups attached to an aromatic ring is 1. The number of likely N-dealkylation sites (N-methyl/N-ethyl adjacent to an activating group) is 1. The zero-order valence-corrected chi connectivity index (χ0v) is 10.3. The van der Waals surface area contributed by atoms with Crippen LogP contribution in [0.4, 0.5) is 5.13 Å². The number of amides is 1. The molecule has 1 atom stereocenters. The molecule has 88 valence electrons. The zero-order valence-electron chi connectivity index (χ0n) is 9.49. The molecule has 0 aliphatic carbocycles. The summed E-state index contributed by atoms with van der Waals surface area (Å²) in [5.74, 6) is -0.0491. The van der Waals surface area contributed by atoms with E-state index in [9.17, 15) is 4.79 Å². The highest BCUT2D eigenvalue weighted by Crippen LogP contribution is 2.20. The quantitative estimate of drug-likeness (QED) is 0.788. The molecular formula is C10H16N4OS. The van der Waals surface area contributed by atoms with E-state index in [2.05, 4.69) is 22.2 Å². The number of rotatable bonds is 2. The second-order valence-electron chi connectivity index (χ2n) is 4.19. The van der Waals surface area contributed by atoms with Crippen molar-refractivity contribution in [3.8, 4) is 0 Å². The maximum absolute atomic E-state index is 11.9. The third-order valence-corrected chi connectivity index (χ3v) is 3.73. The van der Waals surface area contributed by atoms with Crippen LogP contribution in [-0.2, 0) is 0 Å². The minimum atomic E-state index is -0.0491. The van der Waals surface area contributed by atoms with Gasteiger partial charge in [-0.25, -0.2) is 4.98 Å². The first-order valence-electron chi connectivity index (χ1n) is 5.28. The van der Waals surface area contributed by atoms with E-state index < -0.39 is 0 Å². The molecule has 0 saturated carbocycles. The molecule has 1 aliphatic heterocycles. The lowest BCUT2D eigenvalue weighted by atomic mass is 10.2. The number of nitrogens with one attached hydrogen (secondary N) is 1. The van der Waals surface area contributed by atoms with E-state index in [1.807, 2.05) is 6.92 Å². The summed E-state index contributed by atoms with van der Waals surface area (Å²) in [5.41, 5.74) is 6.28. The molecule has 5 nitrogen and oxygen atoms in total. The third kappa shape index (κ3) is 2.33. The first kappa shape index (κ1) is 11.3. The van der Waals surface area contributed by atoms with Crippen LogP contribution in [-0.4, -0.2) is 42.0 Å². The minimum absolute atomic E-state index is 0.0491. The van der Waals surface area contributed by atoms with Crippen LogP contribution >= 0.6 is 11.3 Å². The molecule has 1 aliphatic rings. The van der Waals surface area contributed by atoms with Crippen LogP contribution in [0.2, 0.25) is 0 Å². The van der Waals surface area contributed by atoms with E-state index in [0.29, 0.717) is 15.7 Å².